The number of furan rings is 2. The fourth-order valence-electron chi connectivity index (χ4n) is 3.70. The van der Waals surface area contributed by atoms with E-state index in [1.165, 1.54) is 0 Å². The lowest BCUT2D eigenvalue weighted by Crippen LogP contribution is -2.37. The summed E-state index contributed by atoms with van der Waals surface area (Å²) in [5.41, 5.74) is 2.83. The Kier molecular flexibility index (Phi) is 3.19. The summed E-state index contributed by atoms with van der Waals surface area (Å²) in [6.07, 6.45) is 0. The van der Waals surface area contributed by atoms with Crippen molar-refractivity contribution in [3.8, 4) is 11.5 Å². The molecule has 2 aromatic heterocycles. The summed E-state index contributed by atoms with van der Waals surface area (Å²) in [6.45, 7) is 5.40. The minimum Gasteiger partial charge on any atom is -0.457 e. The zero-order chi connectivity index (χ0) is 18.6. The van der Waals surface area contributed by atoms with Crippen LogP contribution in [0, 0.1) is 0 Å². The van der Waals surface area contributed by atoms with Gasteiger partial charge in [-0.3, -0.25) is 0 Å². The predicted octanol–water partition coefficient (Wildman–Crippen LogP) is 5.39. The summed E-state index contributed by atoms with van der Waals surface area (Å²) in [5, 5.41) is 0. The van der Waals surface area contributed by atoms with Gasteiger partial charge in [-0.2, -0.15) is 0 Å². The van der Waals surface area contributed by atoms with Crippen LogP contribution in [-0.4, -0.2) is 5.97 Å². The molecule has 4 heteroatoms. The fourth-order valence-corrected chi connectivity index (χ4v) is 3.70. The first-order valence-corrected chi connectivity index (χ1v) is 8.68. The van der Waals surface area contributed by atoms with Gasteiger partial charge in [-0.25, -0.2) is 4.79 Å². The molecule has 0 spiro atoms. The first-order valence-electron chi connectivity index (χ1n) is 8.68. The average molecular weight is 356 g/mol. The first kappa shape index (κ1) is 15.7. The van der Waals surface area contributed by atoms with E-state index in [2.05, 4.69) is 6.58 Å². The number of hydrogen-bond acceptors (Lipinski definition) is 4. The second kappa shape index (κ2) is 5.48. The lowest BCUT2D eigenvalue weighted by molar-refractivity contribution is -0.148. The van der Waals surface area contributed by atoms with Crippen LogP contribution in [0.5, 0.6) is 11.5 Å². The van der Waals surface area contributed by atoms with Crippen molar-refractivity contribution >= 4 is 17.1 Å². The molecule has 3 heterocycles. The molecule has 2 bridgehead atoms. The standard InChI is InChI=1S/C23H16O4/c1-14(2)22(24)27-23(18-13-15-11-12-21(18)25-15)16-7-3-5-9-19(16)26-20-10-6-4-8-17(20)23/h3-13H,1H2,2H3. The van der Waals surface area contributed by atoms with Crippen molar-refractivity contribution in [1.82, 2.24) is 0 Å². The van der Waals surface area contributed by atoms with Gasteiger partial charge in [-0.05, 0) is 37.3 Å². The summed E-state index contributed by atoms with van der Waals surface area (Å²) < 4.78 is 18.1. The van der Waals surface area contributed by atoms with Crippen LogP contribution < -0.4 is 4.74 Å². The highest BCUT2D eigenvalue weighted by Gasteiger charge is 2.49. The molecule has 1 aliphatic rings. The Morgan fingerprint density at radius 3 is 2.07 bits per heavy atom. The van der Waals surface area contributed by atoms with E-state index in [0.29, 0.717) is 22.7 Å². The van der Waals surface area contributed by atoms with E-state index >= 15 is 0 Å². The van der Waals surface area contributed by atoms with Crippen LogP contribution >= 0.6 is 0 Å². The molecular formula is C23H16O4. The van der Waals surface area contributed by atoms with Gasteiger partial charge in [0.2, 0.25) is 0 Å². The zero-order valence-corrected chi connectivity index (χ0v) is 14.7. The van der Waals surface area contributed by atoms with Crippen molar-refractivity contribution in [3.63, 3.8) is 0 Å². The number of benzene rings is 3. The molecule has 0 unspecified atom stereocenters. The van der Waals surface area contributed by atoms with Gasteiger partial charge in [0, 0.05) is 16.7 Å². The van der Waals surface area contributed by atoms with Gasteiger partial charge < -0.3 is 13.9 Å². The van der Waals surface area contributed by atoms with Crippen LogP contribution in [0.15, 0.2) is 83.3 Å². The highest BCUT2D eigenvalue weighted by molar-refractivity contribution is 5.89. The Hall–Kier alpha value is -3.53. The van der Waals surface area contributed by atoms with Gasteiger partial charge in [0.15, 0.2) is 5.60 Å². The van der Waals surface area contributed by atoms with Gasteiger partial charge in [0.05, 0.1) is 5.56 Å². The monoisotopic (exact) mass is 356 g/mol. The van der Waals surface area contributed by atoms with Crippen molar-refractivity contribution in [2.24, 2.45) is 0 Å². The molecule has 5 rings (SSSR count). The van der Waals surface area contributed by atoms with E-state index in [0.717, 1.165) is 22.3 Å². The van der Waals surface area contributed by atoms with Gasteiger partial charge in [0.25, 0.3) is 0 Å². The minimum absolute atomic E-state index is 0.327. The van der Waals surface area contributed by atoms with Gasteiger partial charge in [-0.1, -0.05) is 43.0 Å². The van der Waals surface area contributed by atoms with Crippen molar-refractivity contribution < 1.29 is 18.7 Å². The summed E-state index contributed by atoms with van der Waals surface area (Å²) >= 11 is 0. The molecule has 132 valence electrons. The minimum atomic E-state index is -1.18. The van der Waals surface area contributed by atoms with Gasteiger partial charge in [0.1, 0.15) is 22.7 Å². The highest BCUT2D eigenvalue weighted by atomic mass is 16.6. The zero-order valence-electron chi connectivity index (χ0n) is 14.7. The van der Waals surface area contributed by atoms with Crippen LogP contribution in [0.1, 0.15) is 23.6 Å². The van der Waals surface area contributed by atoms with E-state index in [1.807, 2.05) is 66.7 Å². The van der Waals surface area contributed by atoms with Crippen molar-refractivity contribution in [2.45, 2.75) is 12.5 Å². The normalized spacial score (nSPS) is 14.3. The number of esters is 1. The summed E-state index contributed by atoms with van der Waals surface area (Å²) in [5.74, 6) is 0.813. The van der Waals surface area contributed by atoms with E-state index < -0.39 is 11.6 Å². The Morgan fingerprint density at radius 1 is 0.926 bits per heavy atom. The number of fused-ring (bicyclic) bond motifs is 4. The number of ether oxygens (including phenoxy) is 2. The van der Waals surface area contributed by atoms with E-state index in [-0.39, 0.29) is 0 Å². The highest BCUT2D eigenvalue weighted by Crippen LogP contribution is 2.54. The molecule has 0 fully saturated rings. The number of rotatable bonds is 3. The number of carbonyl (C=O) groups excluding carboxylic acids is 1. The third-order valence-electron chi connectivity index (χ3n) is 4.91. The molecule has 27 heavy (non-hydrogen) atoms. The third-order valence-corrected chi connectivity index (χ3v) is 4.91. The lowest BCUT2D eigenvalue weighted by Gasteiger charge is -2.39. The van der Waals surface area contributed by atoms with Crippen molar-refractivity contribution in [3.05, 3.63) is 95.6 Å². The maximum absolute atomic E-state index is 12.7. The maximum atomic E-state index is 12.7. The maximum Gasteiger partial charge on any atom is 0.334 e. The topological polar surface area (TPSA) is 48.7 Å². The molecule has 0 N–H and O–H groups in total. The molecule has 0 saturated heterocycles. The quantitative estimate of drug-likeness (QED) is 0.365. The molecule has 4 aromatic rings. The molecule has 4 nitrogen and oxygen atoms in total. The average Bonchev–Trinajstić information content (AvgIpc) is 3.31. The molecular weight excluding hydrogens is 340 g/mol. The van der Waals surface area contributed by atoms with Crippen molar-refractivity contribution in [2.75, 3.05) is 0 Å². The van der Waals surface area contributed by atoms with Gasteiger partial charge in [-0.15, -0.1) is 0 Å². The summed E-state index contributed by atoms with van der Waals surface area (Å²) in [6, 6.07) is 20.9. The number of hydrogen-bond donors (Lipinski definition) is 0. The number of carbonyl (C=O) groups is 1. The van der Waals surface area contributed by atoms with Gasteiger partial charge >= 0.3 is 5.97 Å². The summed E-state index contributed by atoms with van der Waals surface area (Å²) in [7, 11) is 0. The lowest BCUT2D eigenvalue weighted by atomic mass is 9.77. The molecule has 0 atom stereocenters. The van der Waals surface area contributed by atoms with Crippen LogP contribution in [0.3, 0.4) is 0 Å². The molecule has 1 aliphatic heterocycles. The van der Waals surface area contributed by atoms with E-state index in [4.69, 9.17) is 13.9 Å². The molecule has 0 amide bonds. The Morgan fingerprint density at radius 2 is 1.56 bits per heavy atom. The third kappa shape index (κ3) is 2.13. The van der Waals surface area contributed by atoms with Crippen LogP contribution in [-0.2, 0) is 15.1 Å². The Balaban J connectivity index is 1.88. The SMILES string of the molecule is C=C(C)C(=O)OC1(c2cc3ccc2o3)c2ccccc2Oc2ccccc21. The number of para-hydroxylation sites is 2. The predicted molar refractivity (Wildman–Crippen MR) is 101 cm³/mol. The molecule has 0 saturated carbocycles. The van der Waals surface area contributed by atoms with Crippen LogP contribution in [0.25, 0.3) is 11.2 Å². The van der Waals surface area contributed by atoms with E-state index in [9.17, 15) is 4.79 Å². The Labute approximate surface area is 156 Å². The Bertz CT molecular complexity index is 1140. The van der Waals surface area contributed by atoms with Crippen molar-refractivity contribution in [1.29, 1.82) is 0 Å². The molecule has 0 radical (unpaired) electrons. The largest absolute Gasteiger partial charge is 0.457 e. The summed E-state index contributed by atoms with van der Waals surface area (Å²) in [4.78, 5) is 12.7. The first-order chi connectivity index (χ1) is 13.1. The second-order valence-corrected chi connectivity index (χ2v) is 6.71. The molecule has 2 aromatic carbocycles. The van der Waals surface area contributed by atoms with Crippen LogP contribution in [0.2, 0.25) is 0 Å². The second-order valence-electron chi connectivity index (χ2n) is 6.71. The molecule has 0 aliphatic carbocycles. The smallest absolute Gasteiger partial charge is 0.334 e. The fraction of sp³-hybridized carbons (Fsp3) is 0.0870. The van der Waals surface area contributed by atoms with Crippen LogP contribution in [0.4, 0.5) is 0 Å². The van der Waals surface area contributed by atoms with E-state index in [1.54, 1.807) is 6.92 Å².